The van der Waals surface area contributed by atoms with E-state index in [-0.39, 0.29) is 5.60 Å². The summed E-state index contributed by atoms with van der Waals surface area (Å²) in [4.78, 5) is 10.7. The van der Waals surface area contributed by atoms with Crippen LogP contribution in [0, 0.1) is 0 Å². The maximum Gasteiger partial charge on any atom is 0.175 e. The first-order valence-corrected chi connectivity index (χ1v) is 15.9. The van der Waals surface area contributed by atoms with Crippen molar-refractivity contribution in [2.75, 3.05) is 0 Å². The van der Waals surface area contributed by atoms with Crippen LogP contribution in [0.15, 0.2) is 0 Å². The molecule has 5 heteroatoms. The molecule has 0 aromatic carbocycles. The highest BCUT2D eigenvalue weighted by atomic mass is 29.7. The van der Waals surface area contributed by atoms with E-state index in [0.29, 0.717) is 0 Å². The van der Waals surface area contributed by atoms with Crippen LogP contribution in [0.2, 0.25) is 38.8 Å². The van der Waals surface area contributed by atoms with E-state index in [0.717, 1.165) is 6.04 Å². The van der Waals surface area contributed by atoms with E-state index in [1.165, 1.54) is 0 Å². The highest BCUT2D eigenvalue weighted by Crippen LogP contribution is 2.42. The van der Waals surface area contributed by atoms with Gasteiger partial charge in [-0.25, -0.2) is 0 Å². The van der Waals surface area contributed by atoms with Gasteiger partial charge in [0.25, 0.3) is 0 Å². The third-order valence-electron chi connectivity index (χ3n) is 4.15. The zero-order chi connectivity index (χ0) is 11.4. The molecule has 1 aliphatic heterocycles. The maximum atomic E-state index is 10.7. The van der Waals surface area contributed by atoms with Gasteiger partial charge in [0.2, 0.25) is 0 Å². The van der Waals surface area contributed by atoms with Gasteiger partial charge in [-0.3, -0.25) is 0 Å². The van der Waals surface area contributed by atoms with Crippen molar-refractivity contribution in [3.8, 4) is 0 Å². The third-order valence-corrected chi connectivity index (χ3v) is 40.7. The molecule has 0 amide bonds. The minimum Gasteiger partial charge on any atom is -0.435 e. The molecule has 0 aromatic rings. The predicted octanol–water partition coefficient (Wildman–Crippen LogP) is 2.43. The molecule has 0 aliphatic carbocycles. The van der Waals surface area contributed by atoms with Crippen LogP contribution in [0.25, 0.3) is 0 Å². The van der Waals surface area contributed by atoms with Gasteiger partial charge in [-0.1, -0.05) is 13.1 Å². The number of rotatable bonds is 0. The minimum absolute atomic E-state index is 0.0893. The molecule has 1 N–H and O–H groups in total. The molecular formula is C9H24O2Si3. The molecule has 0 bridgehead atoms. The summed E-state index contributed by atoms with van der Waals surface area (Å²) in [5, 5.41) is 0. The molecular weight excluding hydrogens is 224 g/mol. The van der Waals surface area contributed by atoms with Crippen LogP contribution in [0.5, 0.6) is 0 Å². The molecule has 1 fully saturated rings. The normalized spacial score (nSPS) is 39.4. The van der Waals surface area contributed by atoms with Crippen molar-refractivity contribution in [3.05, 3.63) is 0 Å². The molecule has 84 valence electrons. The summed E-state index contributed by atoms with van der Waals surface area (Å²) in [5.41, 5.74) is -0.0893. The third kappa shape index (κ3) is 1.80. The van der Waals surface area contributed by atoms with Crippen LogP contribution in [0.4, 0.5) is 0 Å². The Morgan fingerprint density at radius 1 is 1.07 bits per heavy atom. The lowest BCUT2D eigenvalue weighted by Gasteiger charge is -2.56. The van der Waals surface area contributed by atoms with Crippen molar-refractivity contribution in [1.82, 2.24) is 0 Å². The molecule has 1 saturated heterocycles. The molecule has 0 spiro atoms. The van der Waals surface area contributed by atoms with Crippen molar-refractivity contribution in [3.63, 3.8) is 0 Å². The number of hydrogen-bond donors (Lipinski definition) is 1. The fourth-order valence-corrected chi connectivity index (χ4v) is 28.9. The summed E-state index contributed by atoms with van der Waals surface area (Å²) in [6, 6.07) is 0.912. The molecule has 0 saturated carbocycles. The Labute approximate surface area is 90.5 Å². The second-order valence-corrected chi connectivity index (χ2v) is 31.7. The van der Waals surface area contributed by atoms with Crippen LogP contribution in [0.1, 0.15) is 13.8 Å². The van der Waals surface area contributed by atoms with E-state index in [9.17, 15) is 4.80 Å². The molecule has 1 unspecified atom stereocenters. The van der Waals surface area contributed by atoms with E-state index < -0.39 is 22.8 Å². The summed E-state index contributed by atoms with van der Waals surface area (Å²) in [6.07, 6.45) is 0. The van der Waals surface area contributed by atoms with Crippen LogP contribution in [-0.4, -0.2) is 33.2 Å². The molecule has 1 rings (SSSR count). The monoisotopic (exact) mass is 248 g/mol. The number of hydrogen-bond acceptors (Lipinski definition) is 2. The van der Waals surface area contributed by atoms with Gasteiger partial charge >= 0.3 is 0 Å². The summed E-state index contributed by atoms with van der Waals surface area (Å²) in [7, 11) is -5.18. The molecule has 0 radical (unpaired) electrons. The lowest BCUT2D eigenvalue weighted by atomic mass is 10.2. The van der Waals surface area contributed by atoms with Gasteiger partial charge < -0.3 is 9.22 Å². The molecule has 1 atom stereocenters. The van der Waals surface area contributed by atoms with Gasteiger partial charge in [0.1, 0.15) is 0 Å². The van der Waals surface area contributed by atoms with E-state index in [1.807, 2.05) is 0 Å². The largest absolute Gasteiger partial charge is 0.435 e. The first-order valence-electron chi connectivity index (χ1n) is 5.34. The van der Waals surface area contributed by atoms with Crippen LogP contribution in [0.3, 0.4) is 0 Å². The smallest absolute Gasteiger partial charge is 0.175 e. The Balaban J connectivity index is 3.13. The van der Waals surface area contributed by atoms with Crippen LogP contribution in [-0.2, 0) is 4.43 Å². The lowest BCUT2D eigenvalue weighted by Crippen LogP contribution is -2.78. The Bertz CT molecular complexity index is 224. The van der Waals surface area contributed by atoms with E-state index in [2.05, 4.69) is 46.6 Å². The molecule has 1 heterocycles. The molecule has 0 aromatic heterocycles. The van der Waals surface area contributed by atoms with Crippen molar-refractivity contribution >= 4 is 22.8 Å². The standard InChI is InChI=1S/C9H24O2Si3/c1-9(2)8-14(7,10)13(5,6)12(3,4)11-9/h10H,8H2,1-7H3. The van der Waals surface area contributed by atoms with Crippen molar-refractivity contribution in [2.24, 2.45) is 0 Å². The highest BCUT2D eigenvalue weighted by molar-refractivity contribution is 7.66. The Kier molecular flexibility index (Phi) is 2.74. The Hall–Kier alpha value is 0.571. The highest BCUT2D eigenvalue weighted by Gasteiger charge is 2.62. The van der Waals surface area contributed by atoms with Crippen molar-refractivity contribution in [2.45, 2.75) is 58.2 Å². The van der Waals surface area contributed by atoms with E-state index >= 15 is 0 Å². The second kappa shape index (κ2) is 3.04. The molecule has 2 nitrogen and oxygen atoms in total. The SMILES string of the molecule is CC1(C)C[Si](C)(O)[Si](C)(C)[Si](C)(C)O1. The minimum atomic E-state index is -2.01. The fraction of sp³-hybridized carbons (Fsp3) is 1.00. The average molecular weight is 249 g/mol. The van der Waals surface area contributed by atoms with Crippen LogP contribution >= 0.6 is 0 Å². The Morgan fingerprint density at radius 2 is 1.50 bits per heavy atom. The summed E-state index contributed by atoms with van der Waals surface area (Å²) < 4.78 is 6.29. The van der Waals surface area contributed by atoms with Crippen molar-refractivity contribution in [1.29, 1.82) is 0 Å². The first-order chi connectivity index (χ1) is 5.91. The predicted molar refractivity (Wildman–Crippen MR) is 68.8 cm³/mol. The topological polar surface area (TPSA) is 29.5 Å². The van der Waals surface area contributed by atoms with Gasteiger partial charge in [0.15, 0.2) is 15.7 Å². The van der Waals surface area contributed by atoms with Crippen LogP contribution < -0.4 is 0 Å². The summed E-state index contributed by atoms with van der Waals surface area (Å²) >= 11 is 0. The van der Waals surface area contributed by atoms with Gasteiger partial charge in [-0.05, 0) is 39.5 Å². The maximum absolute atomic E-state index is 10.7. The van der Waals surface area contributed by atoms with Gasteiger partial charge in [0.05, 0.1) is 7.11 Å². The Morgan fingerprint density at radius 3 is 1.86 bits per heavy atom. The fourth-order valence-electron chi connectivity index (χ4n) is 2.55. The van der Waals surface area contributed by atoms with E-state index in [4.69, 9.17) is 4.43 Å². The molecule has 14 heavy (non-hydrogen) atoms. The zero-order valence-electron chi connectivity index (χ0n) is 10.6. The van der Waals surface area contributed by atoms with Crippen molar-refractivity contribution < 1.29 is 9.22 Å². The zero-order valence-corrected chi connectivity index (χ0v) is 13.6. The summed E-state index contributed by atoms with van der Waals surface area (Å²) in [6.45, 7) is 15.7. The second-order valence-electron chi connectivity index (χ2n) is 6.45. The summed E-state index contributed by atoms with van der Waals surface area (Å²) in [5.74, 6) is 0. The van der Waals surface area contributed by atoms with Gasteiger partial charge in [-0.2, -0.15) is 0 Å². The van der Waals surface area contributed by atoms with Gasteiger partial charge in [0, 0.05) is 5.60 Å². The first kappa shape index (κ1) is 12.6. The van der Waals surface area contributed by atoms with Gasteiger partial charge in [-0.15, -0.1) is 0 Å². The lowest BCUT2D eigenvalue weighted by molar-refractivity contribution is 0.118. The molecule has 1 aliphatic rings. The van der Waals surface area contributed by atoms with E-state index in [1.54, 1.807) is 0 Å². The quantitative estimate of drug-likeness (QED) is 0.667. The average Bonchev–Trinajstić information content (AvgIpc) is 1.77.